The molecule has 0 spiro atoms. The maximum Gasteiger partial charge on any atom is 0.339 e. The van der Waals surface area contributed by atoms with Crippen molar-refractivity contribution in [2.45, 2.75) is 57.2 Å². The lowest BCUT2D eigenvalue weighted by atomic mass is 9.96. The number of pyridine rings is 1. The molecule has 4 aromatic rings. The van der Waals surface area contributed by atoms with Crippen LogP contribution in [0.1, 0.15) is 59.6 Å². The Bertz CT molecular complexity index is 1830. The van der Waals surface area contributed by atoms with Crippen LogP contribution in [0.4, 0.5) is 14.5 Å². The number of halogens is 2. The van der Waals surface area contributed by atoms with Crippen molar-refractivity contribution in [3.63, 3.8) is 0 Å². The largest absolute Gasteiger partial charge is 0.439 e. The molecule has 0 radical (unpaired) electrons. The SMILES string of the molecule is C=N/C(=C\SCc1cnn(COC(=O)c2ccc(CN3CCOCC3)cc2)c1)C(=O)Nc1cn(C2CCCCC2)nc1-c1nc(F)ccc1F. The van der Waals surface area contributed by atoms with Crippen molar-refractivity contribution in [3.8, 4) is 11.4 Å². The van der Waals surface area contributed by atoms with Gasteiger partial charge in [-0.25, -0.2) is 18.9 Å². The first kappa shape index (κ1) is 35.1. The molecular formula is C35H38F2N8O4S. The highest BCUT2D eigenvalue weighted by Gasteiger charge is 2.24. The maximum absolute atomic E-state index is 14.8. The Morgan fingerprint density at radius 1 is 1.04 bits per heavy atom. The zero-order chi connectivity index (χ0) is 34.9. The summed E-state index contributed by atoms with van der Waals surface area (Å²) in [4.78, 5) is 35.8. The minimum atomic E-state index is -0.859. The fourth-order valence-corrected chi connectivity index (χ4v) is 6.63. The normalized spacial score (nSPS) is 15.9. The van der Waals surface area contributed by atoms with E-state index < -0.39 is 23.6 Å². The van der Waals surface area contributed by atoms with Crippen molar-refractivity contribution < 1.29 is 27.8 Å². The van der Waals surface area contributed by atoms with Crippen LogP contribution in [0.5, 0.6) is 0 Å². The number of hydrogen-bond donors (Lipinski definition) is 1. The first-order valence-electron chi connectivity index (χ1n) is 16.4. The Balaban J connectivity index is 1.03. The summed E-state index contributed by atoms with van der Waals surface area (Å²) in [5.41, 5.74) is 2.35. The van der Waals surface area contributed by atoms with E-state index in [1.807, 2.05) is 12.1 Å². The Hall–Kier alpha value is -4.73. The smallest absolute Gasteiger partial charge is 0.339 e. The number of thioether (sulfide) groups is 1. The van der Waals surface area contributed by atoms with Crippen molar-refractivity contribution in [1.82, 2.24) is 29.4 Å². The molecule has 0 bridgehead atoms. The monoisotopic (exact) mass is 704 g/mol. The van der Waals surface area contributed by atoms with Crippen molar-refractivity contribution in [3.05, 3.63) is 94.5 Å². The second kappa shape index (κ2) is 16.8. The van der Waals surface area contributed by atoms with E-state index in [2.05, 4.69) is 37.1 Å². The summed E-state index contributed by atoms with van der Waals surface area (Å²) in [6.45, 7) is 7.52. The zero-order valence-electron chi connectivity index (χ0n) is 27.5. The van der Waals surface area contributed by atoms with Gasteiger partial charge >= 0.3 is 5.97 Å². The topological polar surface area (TPSA) is 129 Å². The third kappa shape index (κ3) is 9.08. The molecule has 262 valence electrons. The highest BCUT2D eigenvalue weighted by Crippen LogP contribution is 2.33. The van der Waals surface area contributed by atoms with Crippen LogP contribution in [-0.4, -0.2) is 74.3 Å². The first-order chi connectivity index (χ1) is 24.4. The summed E-state index contributed by atoms with van der Waals surface area (Å²) >= 11 is 1.29. The van der Waals surface area contributed by atoms with Crippen LogP contribution in [0.25, 0.3) is 11.4 Å². The standard InChI is InChI=1S/C35H38F2N8O4S/c1-38-30(34(46)40-29-20-45(27-5-3-2-4-6-27)42-33(29)32-28(36)11-12-31(37)41-32)22-50-21-25-17-39-44(19-25)23-49-35(47)26-9-7-24(8-10-26)18-43-13-15-48-16-14-43/h7-12,17,19-20,22,27H,1-6,13-16,18,21,23H2,(H,40,46)/b30-22-. The van der Waals surface area contributed by atoms with E-state index in [4.69, 9.17) is 9.47 Å². The summed E-state index contributed by atoms with van der Waals surface area (Å²) in [6, 6.07) is 9.37. The third-order valence-electron chi connectivity index (χ3n) is 8.53. The minimum absolute atomic E-state index is 0.0244. The molecule has 4 heterocycles. The third-order valence-corrected chi connectivity index (χ3v) is 9.42. The molecule has 6 rings (SSSR count). The van der Waals surface area contributed by atoms with Gasteiger partial charge in [0.05, 0.1) is 36.7 Å². The van der Waals surface area contributed by atoms with E-state index in [1.165, 1.54) is 16.4 Å². The predicted molar refractivity (Wildman–Crippen MR) is 185 cm³/mol. The number of amides is 1. The van der Waals surface area contributed by atoms with E-state index in [0.29, 0.717) is 11.3 Å². The highest BCUT2D eigenvalue weighted by molar-refractivity contribution is 8.01. The first-order valence-corrected chi connectivity index (χ1v) is 17.5. The second-order valence-electron chi connectivity index (χ2n) is 12.1. The number of hydrogen-bond acceptors (Lipinski definition) is 10. The molecule has 1 N–H and O–H groups in total. The van der Waals surface area contributed by atoms with Gasteiger partial charge in [-0.3, -0.25) is 19.4 Å². The average molecular weight is 705 g/mol. The molecule has 1 aliphatic heterocycles. The number of carbonyl (C=O) groups is 2. The number of esters is 1. The molecule has 0 atom stereocenters. The van der Waals surface area contributed by atoms with Crippen LogP contribution < -0.4 is 5.32 Å². The predicted octanol–water partition coefficient (Wildman–Crippen LogP) is 5.99. The van der Waals surface area contributed by atoms with Gasteiger partial charge < -0.3 is 14.8 Å². The summed E-state index contributed by atoms with van der Waals surface area (Å²) in [7, 11) is 0. The molecule has 12 nitrogen and oxygen atoms in total. The van der Waals surface area contributed by atoms with E-state index >= 15 is 0 Å². The van der Waals surface area contributed by atoms with Crippen molar-refractivity contribution in [2.75, 3.05) is 31.6 Å². The van der Waals surface area contributed by atoms with Crippen LogP contribution in [0, 0.1) is 11.8 Å². The average Bonchev–Trinajstić information content (AvgIpc) is 3.78. The number of morpholine rings is 1. The van der Waals surface area contributed by atoms with Gasteiger partial charge in [0, 0.05) is 48.8 Å². The van der Waals surface area contributed by atoms with Gasteiger partial charge in [0.25, 0.3) is 5.91 Å². The van der Waals surface area contributed by atoms with E-state index in [9.17, 15) is 18.4 Å². The Labute approximate surface area is 292 Å². The van der Waals surface area contributed by atoms with E-state index in [1.54, 1.807) is 40.8 Å². The summed E-state index contributed by atoms with van der Waals surface area (Å²) in [5.74, 6) is -2.22. The number of carbonyl (C=O) groups excluding carboxylic acids is 2. The Kier molecular flexibility index (Phi) is 11.8. The van der Waals surface area contributed by atoms with Crippen LogP contribution in [0.15, 0.2) is 71.1 Å². The maximum atomic E-state index is 14.8. The molecule has 1 aliphatic carbocycles. The van der Waals surface area contributed by atoms with Gasteiger partial charge in [0.15, 0.2) is 12.5 Å². The summed E-state index contributed by atoms with van der Waals surface area (Å²) in [6.07, 6.45) is 10.0. The minimum Gasteiger partial charge on any atom is -0.439 e. The lowest BCUT2D eigenvalue weighted by Crippen LogP contribution is -2.35. The molecule has 1 saturated heterocycles. The quantitative estimate of drug-likeness (QED) is 0.0773. The number of nitrogens with one attached hydrogen (secondary N) is 1. The second-order valence-corrected chi connectivity index (χ2v) is 12.9. The molecular weight excluding hydrogens is 667 g/mol. The van der Waals surface area contributed by atoms with Crippen LogP contribution in [0.2, 0.25) is 0 Å². The van der Waals surface area contributed by atoms with Crippen LogP contribution >= 0.6 is 11.8 Å². The number of rotatable bonds is 13. The molecule has 1 amide bonds. The molecule has 3 aromatic heterocycles. The number of ether oxygens (including phenoxy) is 2. The fourth-order valence-electron chi connectivity index (χ4n) is 5.86. The van der Waals surface area contributed by atoms with Crippen molar-refractivity contribution >= 4 is 36.0 Å². The van der Waals surface area contributed by atoms with Gasteiger partial charge in [-0.15, -0.1) is 11.8 Å². The molecule has 50 heavy (non-hydrogen) atoms. The van der Waals surface area contributed by atoms with Gasteiger partial charge in [0.2, 0.25) is 5.95 Å². The summed E-state index contributed by atoms with van der Waals surface area (Å²) < 4.78 is 42.8. The Morgan fingerprint density at radius 2 is 1.82 bits per heavy atom. The van der Waals surface area contributed by atoms with Crippen molar-refractivity contribution in [2.24, 2.45) is 4.99 Å². The van der Waals surface area contributed by atoms with Crippen LogP contribution in [0.3, 0.4) is 0 Å². The highest BCUT2D eigenvalue weighted by atomic mass is 32.2. The number of aliphatic imine (C=N–C) groups is 1. The number of nitrogens with zero attached hydrogens (tertiary/aromatic N) is 7. The van der Waals surface area contributed by atoms with Gasteiger partial charge in [0.1, 0.15) is 17.1 Å². The van der Waals surface area contributed by atoms with Gasteiger partial charge in [-0.1, -0.05) is 31.4 Å². The lowest BCUT2D eigenvalue weighted by Gasteiger charge is -2.26. The molecule has 2 fully saturated rings. The van der Waals surface area contributed by atoms with E-state index in [0.717, 1.165) is 88.2 Å². The molecule has 1 aromatic carbocycles. The molecule has 1 saturated carbocycles. The lowest BCUT2D eigenvalue weighted by molar-refractivity contribution is -0.112. The molecule has 15 heteroatoms. The Morgan fingerprint density at radius 3 is 2.58 bits per heavy atom. The van der Waals surface area contributed by atoms with E-state index in [-0.39, 0.29) is 35.5 Å². The van der Waals surface area contributed by atoms with Crippen molar-refractivity contribution in [1.29, 1.82) is 0 Å². The number of aromatic nitrogens is 5. The number of anilines is 1. The summed E-state index contributed by atoms with van der Waals surface area (Å²) in [5, 5.41) is 13.1. The fraction of sp³-hybridized carbons (Fsp3) is 0.371. The van der Waals surface area contributed by atoms with Crippen LogP contribution in [-0.2, 0) is 33.3 Å². The zero-order valence-corrected chi connectivity index (χ0v) is 28.3. The number of benzene rings is 1. The van der Waals surface area contributed by atoms with Gasteiger partial charge in [-0.2, -0.15) is 14.6 Å². The molecule has 0 unspecified atom stereocenters. The van der Waals surface area contributed by atoms with Gasteiger partial charge in [-0.05, 0) is 49.4 Å². The molecule has 2 aliphatic rings.